The Bertz CT molecular complexity index is 280. The lowest BCUT2D eigenvalue weighted by Crippen LogP contribution is -2.22. The summed E-state index contributed by atoms with van der Waals surface area (Å²) in [6.45, 7) is -0.495. The minimum Gasteiger partial charge on any atom is -0.394 e. The molecule has 2 atom stereocenters. The molecule has 0 amide bonds. The van der Waals surface area contributed by atoms with Crippen LogP contribution < -0.4 is 0 Å². The zero-order valence-electron chi connectivity index (χ0n) is 7.66. The molecule has 0 aliphatic rings. The first-order valence-corrected chi connectivity index (χ1v) is 5.24. The molecule has 0 bridgehead atoms. The second-order valence-electron chi connectivity index (χ2n) is 2.70. The van der Waals surface area contributed by atoms with Crippen LogP contribution in [0.15, 0.2) is 17.6 Å². The highest BCUT2D eigenvalue weighted by atomic mass is 32.2. The van der Waals surface area contributed by atoms with Crippen molar-refractivity contribution in [1.29, 1.82) is 0 Å². The molecule has 3 N–H and O–H groups in total. The van der Waals surface area contributed by atoms with Crippen molar-refractivity contribution < 1.29 is 15.3 Å². The van der Waals surface area contributed by atoms with Gasteiger partial charge in [-0.25, -0.2) is 9.97 Å². The Kier molecular flexibility index (Phi) is 4.27. The van der Waals surface area contributed by atoms with Gasteiger partial charge in [-0.2, -0.15) is 0 Å². The van der Waals surface area contributed by atoms with Gasteiger partial charge >= 0.3 is 0 Å². The van der Waals surface area contributed by atoms with Crippen molar-refractivity contribution in [2.24, 2.45) is 0 Å². The maximum Gasteiger partial charge on any atom is 0.187 e. The number of aliphatic hydroxyl groups is 3. The number of aliphatic hydroxyl groups excluding tert-OH is 3. The van der Waals surface area contributed by atoms with E-state index in [-0.39, 0.29) is 0 Å². The summed E-state index contributed by atoms with van der Waals surface area (Å²) < 4.78 is 0. The summed E-state index contributed by atoms with van der Waals surface area (Å²) in [5.41, 5.74) is 0.393. The molecule has 0 aromatic carbocycles. The van der Waals surface area contributed by atoms with Crippen molar-refractivity contribution in [3.8, 4) is 0 Å². The van der Waals surface area contributed by atoms with E-state index in [1.54, 1.807) is 0 Å². The summed E-state index contributed by atoms with van der Waals surface area (Å²) in [6, 6.07) is 0. The number of hydrogen-bond acceptors (Lipinski definition) is 6. The van der Waals surface area contributed by atoms with Crippen LogP contribution in [0.25, 0.3) is 0 Å². The molecule has 14 heavy (non-hydrogen) atoms. The van der Waals surface area contributed by atoms with Crippen LogP contribution in [0.2, 0.25) is 0 Å². The van der Waals surface area contributed by atoms with Gasteiger partial charge in [0.1, 0.15) is 12.2 Å². The molecule has 0 fully saturated rings. The van der Waals surface area contributed by atoms with Gasteiger partial charge in [0.25, 0.3) is 0 Å². The number of nitrogens with zero attached hydrogens (tertiary/aromatic N) is 2. The highest BCUT2D eigenvalue weighted by Gasteiger charge is 2.17. The van der Waals surface area contributed by atoms with Crippen molar-refractivity contribution in [1.82, 2.24) is 9.97 Å². The molecule has 2 unspecified atom stereocenters. The minimum atomic E-state index is -1.20. The van der Waals surface area contributed by atoms with Crippen LogP contribution in [-0.2, 0) is 0 Å². The van der Waals surface area contributed by atoms with Crippen LogP contribution in [0, 0.1) is 0 Å². The molecule has 78 valence electrons. The zero-order chi connectivity index (χ0) is 10.6. The van der Waals surface area contributed by atoms with Crippen LogP contribution in [0.4, 0.5) is 0 Å². The van der Waals surface area contributed by atoms with Gasteiger partial charge in [-0.3, -0.25) is 0 Å². The molecule has 0 saturated carbocycles. The molecule has 1 aromatic rings. The van der Waals surface area contributed by atoms with Crippen molar-refractivity contribution in [3.63, 3.8) is 0 Å². The molecule has 1 heterocycles. The van der Waals surface area contributed by atoms with Gasteiger partial charge < -0.3 is 15.3 Å². The van der Waals surface area contributed by atoms with Crippen LogP contribution >= 0.6 is 11.8 Å². The van der Waals surface area contributed by atoms with Gasteiger partial charge in [-0.15, -0.1) is 0 Å². The molecule has 0 aliphatic carbocycles. The van der Waals surface area contributed by atoms with E-state index in [4.69, 9.17) is 10.2 Å². The Morgan fingerprint density at radius 2 is 1.93 bits per heavy atom. The lowest BCUT2D eigenvalue weighted by Gasteiger charge is -2.14. The number of aromatic nitrogens is 2. The summed E-state index contributed by atoms with van der Waals surface area (Å²) in [4.78, 5) is 7.87. The average Bonchev–Trinajstić information content (AvgIpc) is 2.27. The first-order valence-electron chi connectivity index (χ1n) is 4.02. The molecule has 0 aliphatic heterocycles. The maximum absolute atomic E-state index is 9.46. The summed E-state index contributed by atoms with van der Waals surface area (Å²) in [6.07, 6.45) is 2.37. The summed E-state index contributed by atoms with van der Waals surface area (Å²) in [5, 5.41) is 27.8. The third-order valence-electron chi connectivity index (χ3n) is 1.72. The first-order chi connectivity index (χ1) is 6.69. The number of thioether (sulfide) groups is 1. The summed E-state index contributed by atoms with van der Waals surface area (Å²) >= 11 is 1.39. The topological polar surface area (TPSA) is 86.5 Å². The van der Waals surface area contributed by atoms with Crippen molar-refractivity contribution in [2.75, 3.05) is 12.9 Å². The molecule has 1 rings (SSSR count). The van der Waals surface area contributed by atoms with E-state index in [1.807, 2.05) is 6.26 Å². The maximum atomic E-state index is 9.46. The molecule has 6 heteroatoms. The second kappa shape index (κ2) is 5.26. The van der Waals surface area contributed by atoms with Gasteiger partial charge in [0.15, 0.2) is 5.16 Å². The standard InChI is InChI=1S/C8H12N2O3S/c1-14-8-9-2-5(3-10-8)7(13)6(12)4-11/h2-3,6-7,11-13H,4H2,1H3. The Hall–Kier alpha value is -0.690. The smallest absolute Gasteiger partial charge is 0.187 e. The fraction of sp³-hybridized carbons (Fsp3) is 0.500. The molecule has 0 saturated heterocycles. The Balaban J connectivity index is 2.75. The van der Waals surface area contributed by atoms with E-state index in [0.717, 1.165) is 0 Å². The van der Waals surface area contributed by atoms with Gasteiger partial charge in [-0.05, 0) is 6.26 Å². The summed E-state index contributed by atoms with van der Waals surface area (Å²) in [7, 11) is 0. The van der Waals surface area contributed by atoms with E-state index in [1.165, 1.54) is 24.2 Å². The van der Waals surface area contributed by atoms with Gasteiger partial charge in [0, 0.05) is 18.0 Å². The van der Waals surface area contributed by atoms with Crippen LogP contribution in [0.1, 0.15) is 11.7 Å². The highest BCUT2D eigenvalue weighted by molar-refractivity contribution is 7.98. The summed E-state index contributed by atoms with van der Waals surface area (Å²) in [5.74, 6) is 0. The lowest BCUT2D eigenvalue weighted by atomic mass is 10.1. The molecule has 5 nitrogen and oxygen atoms in total. The second-order valence-corrected chi connectivity index (χ2v) is 3.47. The largest absolute Gasteiger partial charge is 0.394 e. The van der Waals surface area contributed by atoms with Crippen molar-refractivity contribution in [3.05, 3.63) is 18.0 Å². The van der Waals surface area contributed by atoms with E-state index in [9.17, 15) is 5.11 Å². The Morgan fingerprint density at radius 1 is 1.36 bits per heavy atom. The normalized spacial score (nSPS) is 15.1. The lowest BCUT2D eigenvalue weighted by molar-refractivity contribution is -0.0156. The minimum absolute atomic E-state index is 0.393. The number of rotatable bonds is 4. The molecule has 0 radical (unpaired) electrons. The average molecular weight is 216 g/mol. The quantitative estimate of drug-likeness (QED) is 0.468. The van der Waals surface area contributed by atoms with E-state index < -0.39 is 18.8 Å². The van der Waals surface area contributed by atoms with Crippen molar-refractivity contribution in [2.45, 2.75) is 17.4 Å². The van der Waals surface area contributed by atoms with E-state index >= 15 is 0 Å². The molecule has 0 spiro atoms. The fourth-order valence-electron chi connectivity index (χ4n) is 0.906. The van der Waals surface area contributed by atoms with Gasteiger partial charge in [0.2, 0.25) is 0 Å². The molecular formula is C8H12N2O3S. The number of hydrogen-bond donors (Lipinski definition) is 3. The van der Waals surface area contributed by atoms with Gasteiger partial charge in [-0.1, -0.05) is 11.8 Å². The van der Waals surface area contributed by atoms with Crippen LogP contribution in [0.3, 0.4) is 0 Å². The third-order valence-corrected chi connectivity index (χ3v) is 2.30. The molecular weight excluding hydrogens is 204 g/mol. The fourth-order valence-corrected chi connectivity index (χ4v) is 1.22. The van der Waals surface area contributed by atoms with Crippen LogP contribution in [0.5, 0.6) is 0 Å². The first kappa shape index (κ1) is 11.4. The predicted octanol–water partition coefficient (Wildman–Crippen LogP) is -0.415. The Morgan fingerprint density at radius 3 is 2.36 bits per heavy atom. The zero-order valence-corrected chi connectivity index (χ0v) is 8.48. The van der Waals surface area contributed by atoms with Crippen molar-refractivity contribution >= 4 is 11.8 Å². The SMILES string of the molecule is CSc1ncc(C(O)C(O)CO)cn1. The van der Waals surface area contributed by atoms with Crippen LogP contribution in [-0.4, -0.2) is 44.3 Å². The van der Waals surface area contributed by atoms with E-state index in [2.05, 4.69) is 9.97 Å². The van der Waals surface area contributed by atoms with Gasteiger partial charge in [0.05, 0.1) is 6.61 Å². The third kappa shape index (κ3) is 2.65. The monoisotopic (exact) mass is 216 g/mol. The van der Waals surface area contributed by atoms with E-state index in [0.29, 0.717) is 10.7 Å². The highest BCUT2D eigenvalue weighted by Crippen LogP contribution is 2.16. The Labute approximate surface area is 85.8 Å². The predicted molar refractivity (Wildman–Crippen MR) is 51.9 cm³/mol. The molecule has 1 aromatic heterocycles.